The fraction of sp³-hybridized carbons (Fsp3) is 0.643. The first-order valence-electron chi connectivity index (χ1n) is 12.8. The van der Waals surface area contributed by atoms with Gasteiger partial charge in [0.1, 0.15) is 0 Å². The number of halogens is 3. The zero-order valence-electron chi connectivity index (χ0n) is 21.0. The van der Waals surface area contributed by atoms with Gasteiger partial charge < -0.3 is 10.2 Å². The number of piperidine rings is 1. The SMILES string of the molecule is CC1=C2N(C)C(=O)CC[C@]2(C)C2CC[C@]3(C)[C@@H](C(=O)Nc4ccccc4C(F)(F)F)CC[C@H]3C2C1. The van der Waals surface area contributed by atoms with Crippen molar-refractivity contribution in [2.75, 3.05) is 12.4 Å². The number of carbonyl (C=O) groups excluding carboxylic acids is 2. The number of nitrogens with one attached hydrogen (secondary N) is 1. The van der Waals surface area contributed by atoms with Crippen molar-refractivity contribution in [1.82, 2.24) is 4.90 Å². The fourth-order valence-corrected chi connectivity index (χ4v) is 8.60. The first kappa shape index (κ1) is 24.4. The van der Waals surface area contributed by atoms with Crippen molar-refractivity contribution in [1.29, 1.82) is 0 Å². The van der Waals surface area contributed by atoms with E-state index in [2.05, 4.69) is 26.1 Å². The molecule has 1 heterocycles. The van der Waals surface area contributed by atoms with Crippen molar-refractivity contribution < 1.29 is 22.8 Å². The Hall–Kier alpha value is -2.31. The molecule has 0 bridgehead atoms. The van der Waals surface area contributed by atoms with E-state index in [4.69, 9.17) is 0 Å². The van der Waals surface area contributed by atoms with Crippen LogP contribution in [0.15, 0.2) is 35.5 Å². The Morgan fingerprint density at radius 3 is 2.51 bits per heavy atom. The minimum absolute atomic E-state index is 0.0387. The summed E-state index contributed by atoms with van der Waals surface area (Å²) in [5.41, 5.74) is 1.25. The van der Waals surface area contributed by atoms with Crippen molar-refractivity contribution >= 4 is 17.5 Å². The Kier molecular flexibility index (Phi) is 5.65. The minimum Gasteiger partial charge on any atom is -0.325 e. The monoisotopic (exact) mass is 488 g/mol. The molecule has 0 spiro atoms. The Bertz CT molecular complexity index is 1100. The number of allylic oxidation sites excluding steroid dienone is 2. The summed E-state index contributed by atoms with van der Waals surface area (Å²) in [6, 6.07) is 5.22. The number of likely N-dealkylation sites (tertiary alicyclic amines) is 1. The van der Waals surface area contributed by atoms with Gasteiger partial charge in [0, 0.05) is 30.5 Å². The Balaban J connectivity index is 1.41. The standard InChI is InChI=1S/C28H35F3N2O2/c1-16-15-17-18-9-10-21(25(35)32-22-8-6-5-7-20(22)28(29,30)31)26(18,2)13-11-19(17)27(3)14-12-23(34)33(4)24(16)27/h5-8,17-19,21H,9-15H2,1-4H3,(H,32,35)/t17?,18-,19?,21+,26-,27+/m0/s1. The molecule has 190 valence electrons. The summed E-state index contributed by atoms with van der Waals surface area (Å²) in [6.07, 6.45) is 1.34. The number of amides is 2. The van der Waals surface area contributed by atoms with Crippen LogP contribution >= 0.6 is 0 Å². The van der Waals surface area contributed by atoms with Gasteiger partial charge in [-0.15, -0.1) is 0 Å². The molecule has 2 saturated carbocycles. The lowest BCUT2D eigenvalue weighted by Gasteiger charge is -2.59. The van der Waals surface area contributed by atoms with Gasteiger partial charge in [-0.25, -0.2) is 0 Å². The molecule has 0 aromatic heterocycles. The van der Waals surface area contributed by atoms with Crippen molar-refractivity contribution in [2.45, 2.75) is 71.9 Å². The maximum absolute atomic E-state index is 13.5. The number of nitrogens with zero attached hydrogens (tertiary/aromatic N) is 1. The highest BCUT2D eigenvalue weighted by Crippen LogP contribution is 2.67. The molecule has 1 saturated heterocycles. The predicted octanol–water partition coefficient (Wildman–Crippen LogP) is 6.64. The molecule has 1 N–H and O–H groups in total. The Labute approximate surface area is 205 Å². The molecule has 4 aliphatic rings. The lowest BCUT2D eigenvalue weighted by molar-refractivity contribution is -0.138. The van der Waals surface area contributed by atoms with Crippen LogP contribution in [0.1, 0.15) is 71.3 Å². The van der Waals surface area contributed by atoms with Crippen LogP contribution in [0.25, 0.3) is 0 Å². The number of benzene rings is 1. The third-order valence-electron chi connectivity index (χ3n) is 10.1. The summed E-state index contributed by atoms with van der Waals surface area (Å²) in [4.78, 5) is 27.8. The topological polar surface area (TPSA) is 49.4 Å². The maximum atomic E-state index is 13.5. The van der Waals surface area contributed by atoms with Crippen molar-refractivity contribution in [3.05, 3.63) is 41.1 Å². The van der Waals surface area contributed by atoms with E-state index in [0.717, 1.165) is 38.2 Å². The van der Waals surface area contributed by atoms with E-state index in [1.165, 1.54) is 29.5 Å². The molecule has 3 aliphatic carbocycles. The molecular formula is C28H35F3N2O2. The first-order chi connectivity index (χ1) is 16.4. The van der Waals surface area contributed by atoms with Gasteiger partial charge in [-0.2, -0.15) is 13.2 Å². The number of hydrogen-bond acceptors (Lipinski definition) is 2. The summed E-state index contributed by atoms with van der Waals surface area (Å²) >= 11 is 0. The number of fused-ring (bicyclic) bond motifs is 5. The number of rotatable bonds is 2. The van der Waals surface area contributed by atoms with Gasteiger partial charge in [0.05, 0.1) is 11.3 Å². The van der Waals surface area contributed by atoms with Crippen LogP contribution in [0.2, 0.25) is 0 Å². The summed E-state index contributed by atoms with van der Waals surface area (Å²) in [5.74, 6) is 0.845. The molecule has 5 rings (SSSR count). The van der Waals surface area contributed by atoms with Crippen LogP contribution < -0.4 is 5.32 Å². The molecule has 3 fully saturated rings. The number of anilines is 1. The van der Waals surface area contributed by atoms with Crippen molar-refractivity contribution in [2.24, 2.45) is 34.5 Å². The highest BCUT2D eigenvalue weighted by molar-refractivity contribution is 5.94. The molecule has 1 aliphatic heterocycles. The summed E-state index contributed by atoms with van der Waals surface area (Å²) in [5, 5.41) is 2.65. The number of alkyl halides is 3. The average molecular weight is 489 g/mol. The molecule has 4 nitrogen and oxygen atoms in total. The van der Waals surface area contributed by atoms with Gasteiger partial charge in [0.15, 0.2) is 0 Å². The quantitative estimate of drug-likeness (QED) is 0.507. The van der Waals surface area contributed by atoms with Gasteiger partial charge in [-0.1, -0.05) is 31.6 Å². The number of carbonyl (C=O) groups is 2. The van der Waals surface area contributed by atoms with Crippen LogP contribution in [-0.2, 0) is 15.8 Å². The molecule has 2 unspecified atom stereocenters. The van der Waals surface area contributed by atoms with E-state index in [1.807, 2.05) is 11.9 Å². The van der Waals surface area contributed by atoms with E-state index in [1.54, 1.807) is 0 Å². The van der Waals surface area contributed by atoms with Crippen LogP contribution in [0.3, 0.4) is 0 Å². The van der Waals surface area contributed by atoms with E-state index in [9.17, 15) is 22.8 Å². The second-order valence-electron chi connectivity index (χ2n) is 11.8. The minimum atomic E-state index is -4.52. The molecule has 6 atom stereocenters. The molecular weight excluding hydrogens is 453 g/mol. The number of hydrogen-bond donors (Lipinski definition) is 1. The van der Waals surface area contributed by atoms with E-state index in [0.29, 0.717) is 30.6 Å². The molecule has 0 radical (unpaired) electrons. The van der Waals surface area contributed by atoms with E-state index < -0.39 is 11.7 Å². The summed E-state index contributed by atoms with van der Waals surface area (Å²) < 4.78 is 40.5. The van der Waals surface area contributed by atoms with E-state index >= 15 is 0 Å². The van der Waals surface area contributed by atoms with Gasteiger partial charge in [-0.3, -0.25) is 9.59 Å². The fourth-order valence-electron chi connectivity index (χ4n) is 8.60. The van der Waals surface area contributed by atoms with Gasteiger partial charge in [0.2, 0.25) is 11.8 Å². The zero-order chi connectivity index (χ0) is 25.3. The number of para-hydroxylation sites is 1. The molecule has 1 aromatic carbocycles. The van der Waals surface area contributed by atoms with Gasteiger partial charge in [-0.05, 0) is 80.8 Å². The van der Waals surface area contributed by atoms with Crippen LogP contribution in [0.4, 0.5) is 18.9 Å². The van der Waals surface area contributed by atoms with Gasteiger partial charge in [0.25, 0.3) is 0 Å². The van der Waals surface area contributed by atoms with Crippen LogP contribution in [-0.4, -0.2) is 23.8 Å². The molecule has 2 amide bonds. The second kappa shape index (κ2) is 8.10. The van der Waals surface area contributed by atoms with Crippen LogP contribution in [0.5, 0.6) is 0 Å². The van der Waals surface area contributed by atoms with E-state index in [-0.39, 0.29) is 34.2 Å². The molecule has 1 aromatic rings. The predicted molar refractivity (Wildman–Crippen MR) is 128 cm³/mol. The molecule has 35 heavy (non-hydrogen) atoms. The maximum Gasteiger partial charge on any atom is 0.418 e. The Morgan fingerprint density at radius 1 is 1.09 bits per heavy atom. The third kappa shape index (κ3) is 3.63. The summed E-state index contributed by atoms with van der Waals surface area (Å²) in [7, 11) is 1.90. The van der Waals surface area contributed by atoms with Crippen molar-refractivity contribution in [3.63, 3.8) is 0 Å². The average Bonchev–Trinajstić information content (AvgIpc) is 3.14. The van der Waals surface area contributed by atoms with Crippen molar-refractivity contribution in [3.8, 4) is 0 Å². The molecule has 7 heteroatoms. The normalized spacial score (nSPS) is 37.0. The highest BCUT2D eigenvalue weighted by atomic mass is 19.4. The van der Waals surface area contributed by atoms with Crippen LogP contribution in [0, 0.1) is 34.5 Å². The second-order valence-corrected chi connectivity index (χ2v) is 11.8. The smallest absolute Gasteiger partial charge is 0.325 e. The summed E-state index contributed by atoms with van der Waals surface area (Å²) in [6.45, 7) is 6.66. The lowest BCUT2D eigenvalue weighted by atomic mass is 9.48. The Morgan fingerprint density at radius 2 is 1.80 bits per heavy atom. The lowest BCUT2D eigenvalue weighted by Crippen LogP contribution is -2.54. The highest BCUT2D eigenvalue weighted by Gasteiger charge is 2.61. The third-order valence-corrected chi connectivity index (χ3v) is 10.1. The largest absolute Gasteiger partial charge is 0.418 e. The van der Waals surface area contributed by atoms with Gasteiger partial charge >= 0.3 is 6.18 Å². The first-order valence-corrected chi connectivity index (χ1v) is 12.8. The zero-order valence-corrected chi connectivity index (χ0v) is 21.0.